The summed E-state index contributed by atoms with van der Waals surface area (Å²) in [6.07, 6.45) is 0.879. The standard InChI is InChI=1S/C22H23N5O2S/c1-4-13-23-19(28)15(3)30-22-25-24-21-26(17-11-7-5-9-14(17)2)20(29)16-10-6-8-12-18(16)27(21)22/h5-12,15H,4,13H2,1-3H3,(H,23,28). The lowest BCUT2D eigenvalue weighted by Crippen LogP contribution is -2.31. The molecule has 1 unspecified atom stereocenters. The van der Waals surface area contributed by atoms with Crippen LogP contribution in [0, 0.1) is 6.92 Å². The number of thioether (sulfide) groups is 1. The molecule has 8 heteroatoms. The minimum Gasteiger partial charge on any atom is -0.355 e. The minimum atomic E-state index is -0.346. The Morgan fingerprint density at radius 3 is 2.63 bits per heavy atom. The number of aryl methyl sites for hydroxylation is 1. The molecular formula is C22H23N5O2S. The highest BCUT2D eigenvalue weighted by atomic mass is 32.2. The molecule has 1 atom stereocenters. The molecular weight excluding hydrogens is 398 g/mol. The molecule has 2 heterocycles. The fourth-order valence-electron chi connectivity index (χ4n) is 3.39. The van der Waals surface area contributed by atoms with E-state index in [1.807, 2.05) is 67.6 Å². The third kappa shape index (κ3) is 3.47. The average molecular weight is 422 g/mol. The molecule has 0 saturated heterocycles. The summed E-state index contributed by atoms with van der Waals surface area (Å²) in [5.74, 6) is 0.381. The van der Waals surface area contributed by atoms with Gasteiger partial charge in [0.15, 0.2) is 5.16 Å². The monoisotopic (exact) mass is 421 g/mol. The summed E-state index contributed by atoms with van der Waals surface area (Å²) in [6, 6.07) is 15.1. The Morgan fingerprint density at radius 1 is 1.13 bits per heavy atom. The summed E-state index contributed by atoms with van der Waals surface area (Å²) in [4.78, 5) is 25.7. The first kappa shape index (κ1) is 20.2. The highest BCUT2D eigenvalue weighted by Crippen LogP contribution is 2.26. The number of para-hydroxylation sites is 2. The molecule has 4 rings (SSSR count). The predicted molar refractivity (Wildman–Crippen MR) is 119 cm³/mol. The van der Waals surface area contributed by atoms with Gasteiger partial charge in [-0.3, -0.25) is 14.0 Å². The fourth-order valence-corrected chi connectivity index (χ4v) is 4.27. The largest absolute Gasteiger partial charge is 0.355 e. The van der Waals surface area contributed by atoms with Crippen molar-refractivity contribution in [3.63, 3.8) is 0 Å². The average Bonchev–Trinajstić information content (AvgIpc) is 3.16. The Bertz CT molecular complexity index is 1290. The normalized spacial score (nSPS) is 12.4. The maximum absolute atomic E-state index is 13.4. The molecule has 1 amide bonds. The number of carbonyl (C=O) groups excluding carboxylic acids is 1. The maximum Gasteiger partial charge on any atom is 0.267 e. The zero-order chi connectivity index (χ0) is 21.3. The van der Waals surface area contributed by atoms with Crippen molar-refractivity contribution in [2.45, 2.75) is 37.6 Å². The van der Waals surface area contributed by atoms with Crippen molar-refractivity contribution < 1.29 is 4.79 Å². The van der Waals surface area contributed by atoms with Crippen LogP contribution in [0.1, 0.15) is 25.8 Å². The molecule has 0 radical (unpaired) electrons. The molecule has 0 saturated carbocycles. The zero-order valence-electron chi connectivity index (χ0n) is 17.1. The first-order valence-corrected chi connectivity index (χ1v) is 10.8. The Labute approximate surface area is 178 Å². The van der Waals surface area contributed by atoms with Gasteiger partial charge in [-0.05, 0) is 44.0 Å². The van der Waals surface area contributed by atoms with Crippen molar-refractivity contribution in [1.29, 1.82) is 0 Å². The smallest absolute Gasteiger partial charge is 0.267 e. The summed E-state index contributed by atoms with van der Waals surface area (Å²) in [5, 5.41) is 12.4. The molecule has 1 N–H and O–H groups in total. The quantitative estimate of drug-likeness (QED) is 0.483. The van der Waals surface area contributed by atoms with Crippen molar-refractivity contribution >= 4 is 34.3 Å². The van der Waals surface area contributed by atoms with Gasteiger partial charge in [0.1, 0.15) is 0 Å². The number of carbonyl (C=O) groups is 1. The van der Waals surface area contributed by atoms with Crippen LogP contribution in [0.25, 0.3) is 22.4 Å². The molecule has 4 aromatic rings. The Morgan fingerprint density at radius 2 is 1.87 bits per heavy atom. The molecule has 0 aliphatic carbocycles. The second kappa shape index (κ2) is 8.31. The number of hydrogen-bond donors (Lipinski definition) is 1. The molecule has 0 aliphatic heterocycles. The summed E-state index contributed by atoms with van der Waals surface area (Å²) in [5.41, 5.74) is 2.29. The molecule has 0 bridgehead atoms. The van der Waals surface area contributed by atoms with Crippen molar-refractivity contribution in [1.82, 2.24) is 24.5 Å². The number of nitrogens with zero attached hydrogens (tertiary/aromatic N) is 4. The van der Waals surface area contributed by atoms with E-state index < -0.39 is 0 Å². The van der Waals surface area contributed by atoms with E-state index in [0.717, 1.165) is 23.2 Å². The topological polar surface area (TPSA) is 81.3 Å². The van der Waals surface area contributed by atoms with Crippen molar-refractivity contribution in [3.05, 3.63) is 64.4 Å². The van der Waals surface area contributed by atoms with E-state index in [2.05, 4.69) is 15.5 Å². The number of fused-ring (bicyclic) bond motifs is 3. The van der Waals surface area contributed by atoms with Crippen LogP contribution in [0.4, 0.5) is 0 Å². The van der Waals surface area contributed by atoms with Gasteiger partial charge >= 0.3 is 0 Å². The summed E-state index contributed by atoms with van der Waals surface area (Å²) >= 11 is 1.33. The Kier molecular flexibility index (Phi) is 5.59. The van der Waals surface area contributed by atoms with E-state index in [1.165, 1.54) is 11.8 Å². The predicted octanol–water partition coefficient (Wildman–Crippen LogP) is 3.35. The molecule has 0 aliphatic rings. The SMILES string of the molecule is CCCNC(=O)C(C)Sc1nnc2n(-c3ccccc3C)c(=O)c3ccccc3n12. The molecule has 2 aromatic carbocycles. The van der Waals surface area contributed by atoms with Gasteiger partial charge < -0.3 is 5.32 Å². The van der Waals surface area contributed by atoms with Crippen molar-refractivity contribution in [3.8, 4) is 5.69 Å². The summed E-state index contributed by atoms with van der Waals surface area (Å²) in [6.45, 7) is 6.46. The van der Waals surface area contributed by atoms with Gasteiger partial charge in [-0.1, -0.05) is 49.0 Å². The van der Waals surface area contributed by atoms with Gasteiger partial charge in [0.25, 0.3) is 5.56 Å². The Balaban J connectivity index is 1.93. The summed E-state index contributed by atoms with van der Waals surface area (Å²) in [7, 11) is 0. The van der Waals surface area contributed by atoms with Gasteiger partial charge in [-0.2, -0.15) is 0 Å². The van der Waals surface area contributed by atoms with Gasteiger partial charge in [-0.15, -0.1) is 10.2 Å². The van der Waals surface area contributed by atoms with Crippen LogP contribution in [-0.4, -0.2) is 36.9 Å². The van der Waals surface area contributed by atoms with E-state index >= 15 is 0 Å². The molecule has 154 valence electrons. The first-order valence-electron chi connectivity index (χ1n) is 9.92. The number of hydrogen-bond acceptors (Lipinski definition) is 5. The lowest BCUT2D eigenvalue weighted by atomic mass is 10.2. The number of benzene rings is 2. The van der Waals surface area contributed by atoms with Crippen LogP contribution < -0.4 is 10.9 Å². The van der Waals surface area contributed by atoms with Gasteiger partial charge in [-0.25, -0.2) is 4.57 Å². The lowest BCUT2D eigenvalue weighted by molar-refractivity contribution is -0.120. The second-order valence-corrected chi connectivity index (χ2v) is 8.42. The van der Waals surface area contributed by atoms with E-state index in [1.54, 1.807) is 10.6 Å². The van der Waals surface area contributed by atoms with Crippen molar-refractivity contribution in [2.24, 2.45) is 0 Å². The van der Waals surface area contributed by atoms with Crippen LogP contribution in [0.3, 0.4) is 0 Å². The lowest BCUT2D eigenvalue weighted by Gasteiger charge is -2.14. The van der Waals surface area contributed by atoms with Gasteiger partial charge in [0.05, 0.1) is 21.8 Å². The zero-order valence-corrected chi connectivity index (χ0v) is 17.9. The summed E-state index contributed by atoms with van der Waals surface area (Å²) < 4.78 is 3.45. The van der Waals surface area contributed by atoms with E-state index in [-0.39, 0.29) is 16.7 Å². The highest BCUT2D eigenvalue weighted by Gasteiger charge is 2.22. The van der Waals surface area contributed by atoms with Crippen LogP contribution >= 0.6 is 11.8 Å². The third-order valence-corrected chi connectivity index (χ3v) is 5.99. The first-order chi connectivity index (χ1) is 14.5. The number of rotatable bonds is 6. The number of amides is 1. The third-order valence-electron chi connectivity index (χ3n) is 4.95. The van der Waals surface area contributed by atoms with Crippen molar-refractivity contribution in [2.75, 3.05) is 6.54 Å². The van der Waals surface area contributed by atoms with E-state index in [0.29, 0.717) is 22.9 Å². The number of nitrogens with one attached hydrogen (secondary N) is 1. The second-order valence-electron chi connectivity index (χ2n) is 7.11. The van der Waals surface area contributed by atoms with E-state index in [9.17, 15) is 9.59 Å². The molecule has 0 fully saturated rings. The highest BCUT2D eigenvalue weighted by molar-refractivity contribution is 8.00. The van der Waals surface area contributed by atoms with E-state index in [4.69, 9.17) is 0 Å². The fraction of sp³-hybridized carbons (Fsp3) is 0.273. The molecule has 0 spiro atoms. The van der Waals surface area contributed by atoms with Gasteiger partial charge in [0.2, 0.25) is 11.7 Å². The van der Waals surface area contributed by atoms with Crippen LogP contribution in [0.15, 0.2) is 58.5 Å². The maximum atomic E-state index is 13.4. The number of aromatic nitrogens is 4. The van der Waals surface area contributed by atoms with Crippen LogP contribution in [-0.2, 0) is 4.79 Å². The minimum absolute atomic E-state index is 0.0462. The molecule has 7 nitrogen and oxygen atoms in total. The van der Waals surface area contributed by atoms with Crippen LogP contribution in [0.2, 0.25) is 0 Å². The molecule has 2 aromatic heterocycles. The van der Waals surface area contributed by atoms with Gasteiger partial charge in [0, 0.05) is 6.54 Å². The molecule has 30 heavy (non-hydrogen) atoms. The van der Waals surface area contributed by atoms with Crippen LogP contribution in [0.5, 0.6) is 0 Å². The Hall–Kier alpha value is -3.13.